The second kappa shape index (κ2) is 4.42. The number of fused-ring (bicyclic) bond motifs is 1. The van der Waals surface area contributed by atoms with Crippen LogP contribution in [0.5, 0.6) is 0 Å². The predicted octanol–water partition coefficient (Wildman–Crippen LogP) is 2.91. The quantitative estimate of drug-likeness (QED) is 0.806. The van der Waals surface area contributed by atoms with Crippen molar-refractivity contribution < 1.29 is 0 Å². The number of imidazole rings is 1. The summed E-state index contributed by atoms with van der Waals surface area (Å²) in [6.45, 7) is 2.35. The molecule has 0 saturated carbocycles. The van der Waals surface area contributed by atoms with Crippen molar-refractivity contribution in [1.82, 2.24) is 14.3 Å². The lowest BCUT2D eigenvalue weighted by molar-refractivity contribution is 0.251. The Balaban J connectivity index is 1.95. The third kappa shape index (κ3) is 2.11. The zero-order valence-corrected chi connectivity index (χ0v) is 11.5. The van der Waals surface area contributed by atoms with Gasteiger partial charge in [0, 0.05) is 16.6 Å². The van der Waals surface area contributed by atoms with Gasteiger partial charge in [-0.1, -0.05) is 15.9 Å². The van der Waals surface area contributed by atoms with E-state index >= 15 is 0 Å². The third-order valence-corrected chi connectivity index (χ3v) is 4.10. The van der Waals surface area contributed by atoms with Crippen LogP contribution in [0, 0.1) is 0 Å². The predicted molar refractivity (Wildman–Crippen MR) is 72.4 cm³/mol. The molecule has 17 heavy (non-hydrogen) atoms. The number of pyridine rings is 1. The number of piperidine rings is 1. The number of rotatable bonds is 1. The Bertz CT molecular complexity index is 526. The van der Waals surface area contributed by atoms with Crippen molar-refractivity contribution in [1.29, 1.82) is 0 Å². The van der Waals surface area contributed by atoms with Gasteiger partial charge in [0.15, 0.2) is 0 Å². The Labute approximate surface area is 110 Å². The zero-order chi connectivity index (χ0) is 11.8. The molecular formula is C13H16BrN3. The monoisotopic (exact) mass is 293 g/mol. The molecule has 2 aromatic rings. The van der Waals surface area contributed by atoms with E-state index in [0.717, 1.165) is 4.47 Å². The molecule has 2 aromatic heterocycles. The lowest BCUT2D eigenvalue weighted by Gasteiger charge is -2.28. The van der Waals surface area contributed by atoms with Crippen LogP contribution in [0.25, 0.3) is 5.52 Å². The number of aromatic nitrogens is 2. The summed E-state index contributed by atoms with van der Waals surface area (Å²) in [6.07, 6.45) is 6.51. The van der Waals surface area contributed by atoms with E-state index in [1.165, 1.54) is 37.3 Å². The molecule has 0 atom stereocenters. The van der Waals surface area contributed by atoms with E-state index in [1.807, 2.05) is 6.20 Å². The van der Waals surface area contributed by atoms with E-state index in [4.69, 9.17) is 0 Å². The maximum atomic E-state index is 4.61. The largest absolute Gasteiger partial charge is 0.306 e. The second-order valence-corrected chi connectivity index (χ2v) is 5.75. The van der Waals surface area contributed by atoms with Crippen molar-refractivity contribution in [3.63, 3.8) is 0 Å². The molecular weight excluding hydrogens is 278 g/mol. The van der Waals surface area contributed by atoms with Crippen LogP contribution in [0.2, 0.25) is 0 Å². The SMILES string of the molecule is CN1CCC(c2ncc3cc(Br)ccn23)CC1. The third-order valence-electron chi connectivity index (χ3n) is 3.61. The van der Waals surface area contributed by atoms with Crippen molar-refractivity contribution in [2.45, 2.75) is 18.8 Å². The van der Waals surface area contributed by atoms with E-state index in [1.54, 1.807) is 0 Å². The molecule has 0 N–H and O–H groups in total. The first kappa shape index (κ1) is 11.2. The minimum Gasteiger partial charge on any atom is -0.306 e. The molecule has 1 aliphatic rings. The highest BCUT2D eigenvalue weighted by molar-refractivity contribution is 9.10. The molecule has 3 rings (SSSR count). The summed E-state index contributed by atoms with van der Waals surface area (Å²) in [5, 5.41) is 0. The van der Waals surface area contributed by atoms with Crippen molar-refractivity contribution in [2.24, 2.45) is 0 Å². The van der Waals surface area contributed by atoms with Gasteiger partial charge in [0.2, 0.25) is 0 Å². The molecule has 4 heteroatoms. The fraction of sp³-hybridized carbons (Fsp3) is 0.462. The fourth-order valence-electron chi connectivity index (χ4n) is 2.56. The molecule has 1 aliphatic heterocycles. The van der Waals surface area contributed by atoms with Gasteiger partial charge in [0.1, 0.15) is 5.82 Å². The van der Waals surface area contributed by atoms with Gasteiger partial charge in [0.05, 0.1) is 11.7 Å². The molecule has 0 bridgehead atoms. The molecule has 0 unspecified atom stereocenters. The smallest absolute Gasteiger partial charge is 0.116 e. The van der Waals surface area contributed by atoms with Crippen LogP contribution >= 0.6 is 15.9 Å². The molecule has 3 nitrogen and oxygen atoms in total. The summed E-state index contributed by atoms with van der Waals surface area (Å²) in [5.74, 6) is 1.83. The molecule has 90 valence electrons. The van der Waals surface area contributed by atoms with Gasteiger partial charge in [-0.05, 0) is 45.1 Å². The van der Waals surface area contributed by atoms with E-state index in [-0.39, 0.29) is 0 Å². The topological polar surface area (TPSA) is 20.5 Å². The highest BCUT2D eigenvalue weighted by Crippen LogP contribution is 2.27. The molecule has 1 fully saturated rings. The van der Waals surface area contributed by atoms with Crippen molar-refractivity contribution in [2.75, 3.05) is 20.1 Å². The maximum absolute atomic E-state index is 4.61. The Morgan fingerprint density at radius 3 is 2.88 bits per heavy atom. The van der Waals surface area contributed by atoms with Crippen LogP contribution < -0.4 is 0 Å². The first-order chi connectivity index (χ1) is 8.24. The van der Waals surface area contributed by atoms with E-state index < -0.39 is 0 Å². The summed E-state index contributed by atoms with van der Waals surface area (Å²) in [6, 6.07) is 4.19. The summed E-state index contributed by atoms with van der Waals surface area (Å²) in [5.41, 5.74) is 1.17. The molecule has 3 heterocycles. The fourth-order valence-corrected chi connectivity index (χ4v) is 2.91. The lowest BCUT2D eigenvalue weighted by Crippen LogP contribution is -2.29. The number of halogens is 1. The summed E-state index contributed by atoms with van der Waals surface area (Å²) < 4.78 is 3.33. The zero-order valence-electron chi connectivity index (χ0n) is 9.93. The van der Waals surface area contributed by atoms with Crippen LogP contribution in [-0.2, 0) is 0 Å². The Kier molecular flexibility index (Phi) is 2.92. The standard InChI is InChI=1S/C13H16BrN3/c1-16-5-2-10(3-6-16)13-15-9-12-8-11(14)4-7-17(12)13/h4,7-10H,2-3,5-6H2,1H3. The Morgan fingerprint density at radius 1 is 1.35 bits per heavy atom. The van der Waals surface area contributed by atoms with Gasteiger partial charge in [0.25, 0.3) is 0 Å². The maximum Gasteiger partial charge on any atom is 0.116 e. The Morgan fingerprint density at radius 2 is 2.12 bits per heavy atom. The first-order valence-corrected chi connectivity index (χ1v) is 6.84. The van der Waals surface area contributed by atoms with Crippen LogP contribution in [0.4, 0.5) is 0 Å². The molecule has 0 radical (unpaired) electrons. The molecule has 0 aromatic carbocycles. The Hall–Kier alpha value is -0.870. The normalized spacial score (nSPS) is 18.9. The van der Waals surface area contributed by atoms with Gasteiger partial charge < -0.3 is 9.30 Å². The van der Waals surface area contributed by atoms with Crippen molar-refractivity contribution in [3.8, 4) is 0 Å². The highest BCUT2D eigenvalue weighted by atomic mass is 79.9. The van der Waals surface area contributed by atoms with Gasteiger partial charge in [-0.15, -0.1) is 0 Å². The number of likely N-dealkylation sites (tertiary alicyclic amines) is 1. The molecule has 0 spiro atoms. The average Bonchev–Trinajstić information content (AvgIpc) is 2.73. The van der Waals surface area contributed by atoms with Crippen molar-refractivity contribution >= 4 is 21.4 Å². The highest BCUT2D eigenvalue weighted by Gasteiger charge is 2.21. The number of nitrogens with zero attached hydrogens (tertiary/aromatic N) is 3. The number of hydrogen-bond acceptors (Lipinski definition) is 2. The van der Waals surface area contributed by atoms with Gasteiger partial charge >= 0.3 is 0 Å². The average molecular weight is 294 g/mol. The minimum atomic E-state index is 0.606. The summed E-state index contributed by atoms with van der Waals surface area (Å²) >= 11 is 3.50. The second-order valence-electron chi connectivity index (χ2n) is 4.83. The van der Waals surface area contributed by atoms with Crippen molar-refractivity contribution in [3.05, 3.63) is 34.8 Å². The van der Waals surface area contributed by atoms with Gasteiger partial charge in [-0.3, -0.25) is 0 Å². The molecule has 1 saturated heterocycles. The lowest BCUT2D eigenvalue weighted by atomic mass is 9.96. The summed E-state index contributed by atoms with van der Waals surface area (Å²) in [4.78, 5) is 7.00. The number of hydrogen-bond donors (Lipinski definition) is 0. The van der Waals surface area contributed by atoms with E-state index in [0.29, 0.717) is 5.92 Å². The van der Waals surface area contributed by atoms with Crippen LogP contribution in [0.15, 0.2) is 29.0 Å². The van der Waals surface area contributed by atoms with E-state index in [2.05, 4.69) is 55.6 Å². The molecule has 0 amide bonds. The van der Waals surface area contributed by atoms with Gasteiger partial charge in [-0.25, -0.2) is 4.98 Å². The van der Waals surface area contributed by atoms with Crippen LogP contribution in [-0.4, -0.2) is 34.4 Å². The van der Waals surface area contributed by atoms with Crippen LogP contribution in [0.3, 0.4) is 0 Å². The first-order valence-electron chi connectivity index (χ1n) is 6.05. The van der Waals surface area contributed by atoms with Crippen LogP contribution in [0.1, 0.15) is 24.6 Å². The molecule has 0 aliphatic carbocycles. The van der Waals surface area contributed by atoms with Gasteiger partial charge in [-0.2, -0.15) is 0 Å². The minimum absolute atomic E-state index is 0.606. The van der Waals surface area contributed by atoms with E-state index in [9.17, 15) is 0 Å². The summed E-state index contributed by atoms with van der Waals surface area (Å²) in [7, 11) is 2.19.